The number of nitrogens with zero attached hydrogens (tertiary/aromatic N) is 1. The highest BCUT2D eigenvalue weighted by Crippen LogP contribution is 2.38. The summed E-state index contributed by atoms with van der Waals surface area (Å²) in [5.74, 6) is 1.04. The first-order valence-corrected chi connectivity index (χ1v) is 8.11. The summed E-state index contributed by atoms with van der Waals surface area (Å²) in [4.78, 5) is 4.31. The van der Waals surface area contributed by atoms with Crippen LogP contribution in [0.15, 0.2) is 23.4 Å². The van der Waals surface area contributed by atoms with E-state index in [2.05, 4.69) is 20.9 Å². The smallest absolute Gasteiger partial charge is 0.115 e. The number of hydrogen-bond acceptors (Lipinski definition) is 3. The number of halogens is 2. The Morgan fingerprint density at radius 3 is 2.88 bits per heavy atom. The predicted molar refractivity (Wildman–Crippen MR) is 76.3 cm³/mol. The van der Waals surface area contributed by atoms with Gasteiger partial charge in [-0.05, 0) is 30.4 Å². The third-order valence-corrected chi connectivity index (χ3v) is 6.04. The van der Waals surface area contributed by atoms with Crippen molar-refractivity contribution in [3.05, 3.63) is 23.4 Å². The molecule has 2 nitrogen and oxygen atoms in total. The van der Waals surface area contributed by atoms with E-state index in [0.717, 1.165) is 47.2 Å². The van der Waals surface area contributed by atoms with Crippen LogP contribution in [0, 0.1) is 5.41 Å². The number of aromatic nitrogens is 1. The molecule has 2 rings (SSSR count). The highest BCUT2D eigenvalue weighted by atomic mass is 79.9. The number of alkyl halides is 1. The molecule has 0 unspecified atom stereocenters. The Morgan fingerprint density at radius 2 is 2.24 bits per heavy atom. The molecule has 17 heavy (non-hydrogen) atoms. The van der Waals surface area contributed by atoms with Crippen molar-refractivity contribution in [2.45, 2.75) is 17.9 Å². The van der Waals surface area contributed by atoms with Gasteiger partial charge in [-0.2, -0.15) is 0 Å². The first-order chi connectivity index (χ1) is 8.26. The first kappa shape index (κ1) is 13.7. The van der Waals surface area contributed by atoms with Gasteiger partial charge in [-0.1, -0.05) is 27.5 Å². The number of ether oxygens (including phenoxy) is 1. The van der Waals surface area contributed by atoms with Crippen molar-refractivity contribution in [3.63, 3.8) is 0 Å². The molecule has 5 heteroatoms. The molecular formula is C12H15BrClNOS. The second-order valence-corrected chi connectivity index (χ2v) is 6.26. The van der Waals surface area contributed by atoms with E-state index in [1.54, 1.807) is 18.0 Å². The lowest BCUT2D eigenvalue weighted by Gasteiger charge is -2.35. The van der Waals surface area contributed by atoms with E-state index in [1.165, 1.54) is 0 Å². The Labute approximate surface area is 120 Å². The Kier molecular flexibility index (Phi) is 5.15. The molecule has 1 fully saturated rings. The van der Waals surface area contributed by atoms with Gasteiger partial charge in [0.05, 0.1) is 5.02 Å². The van der Waals surface area contributed by atoms with Crippen LogP contribution in [0.3, 0.4) is 0 Å². The summed E-state index contributed by atoms with van der Waals surface area (Å²) in [5, 5.41) is 2.69. The number of thioether (sulfide) groups is 1. The lowest BCUT2D eigenvalue weighted by Crippen LogP contribution is -2.33. The van der Waals surface area contributed by atoms with Crippen molar-refractivity contribution in [3.8, 4) is 0 Å². The van der Waals surface area contributed by atoms with Gasteiger partial charge in [0.15, 0.2) is 0 Å². The van der Waals surface area contributed by atoms with Crippen molar-refractivity contribution < 1.29 is 4.74 Å². The lowest BCUT2D eigenvalue weighted by molar-refractivity contribution is 0.0374. The highest BCUT2D eigenvalue weighted by Gasteiger charge is 2.31. The van der Waals surface area contributed by atoms with Gasteiger partial charge in [0.2, 0.25) is 0 Å². The van der Waals surface area contributed by atoms with Crippen LogP contribution in [0.25, 0.3) is 0 Å². The van der Waals surface area contributed by atoms with E-state index in [-0.39, 0.29) is 0 Å². The van der Waals surface area contributed by atoms with E-state index in [1.807, 2.05) is 12.1 Å². The van der Waals surface area contributed by atoms with Gasteiger partial charge in [-0.15, -0.1) is 11.8 Å². The summed E-state index contributed by atoms with van der Waals surface area (Å²) in [6.07, 6.45) is 4.00. The molecule has 1 aromatic rings. The molecule has 0 aliphatic carbocycles. The zero-order chi connectivity index (χ0) is 12.1. The van der Waals surface area contributed by atoms with Gasteiger partial charge in [0, 0.05) is 30.5 Å². The molecule has 0 bridgehead atoms. The van der Waals surface area contributed by atoms with Gasteiger partial charge in [-0.25, -0.2) is 4.98 Å². The molecule has 1 aromatic heterocycles. The molecule has 0 atom stereocenters. The van der Waals surface area contributed by atoms with Gasteiger partial charge in [0.1, 0.15) is 5.03 Å². The van der Waals surface area contributed by atoms with Crippen molar-refractivity contribution in [2.75, 3.05) is 24.3 Å². The zero-order valence-corrected chi connectivity index (χ0v) is 12.7. The topological polar surface area (TPSA) is 22.1 Å². The van der Waals surface area contributed by atoms with E-state index in [9.17, 15) is 0 Å². The molecule has 1 saturated heterocycles. The first-order valence-electron chi connectivity index (χ1n) is 5.63. The normalized spacial score (nSPS) is 19.2. The maximum atomic E-state index is 6.11. The molecule has 0 saturated carbocycles. The Morgan fingerprint density at radius 1 is 1.47 bits per heavy atom. The van der Waals surface area contributed by atoms with Crippen LogP contribution in [0.1, 0.15) is 12.8 Å². The van der Waals surface area contributed by atoms with Crippen LogP contribution in [0.5, 0.6) is 0 Å². The number of pyridine rings is 1. The summed E-state index contributed by atoms with van der Waals surface area (Å²) in [5.41, 5.74) is 0.323. The lowest BCUT2D eigenvalue weighted by atomic mass is 9.85. The molecular weight excluding hydrogens is 322 g/mol. The summed E-state index contributed by atoms with van der Waals surface area (Å²) < 4.78 is 5.43. The van der Waals surface area contributed by atoms with Crippen LogP contribution in [-0.2, 0) is 4.74 Å². The van der Waals surface area contributed by atoms with Gasteiger partial charge in [0.25, 0.3) is 0 Å². The Bertz CT molecular complexity index is 371. The second-order valence-electron chi connectivity index (χ2n) is 4.33. The van der Waals surface area contributed by atoms with E-state index in [0.29, 0.717) is 5.41 Å². The quantitative estimate of drug-likeness (QED) is 0.612. The van der Waals surface area contributed by atoms with E-state index >= 15 is 0 Å². The maximum Gasteiger partial charge on any atom is 0.115 e. The molecule has 0 amide bonds. The maximum absolute atomic E-state index is 6.11. The molecule has 0 radical (unpaired) electrons. The Hall–Kier alpha value is 0.230. The average molecular weight is 337 g/mol. The summed E-state index contributed by atoms with van der Waals surface area (Å²) in [6.45, 7) is 1.73. The minimum absolute atomic E-state index is 0.323. The van der Waals surface area contributed by atoms with Crippen molar-refractivity contribution in [2.24, 2.45) is 5.41 Å². The fourth-order valence-corrected chi connectivity index (χ4v) is 4.30. The summed E-state index contributed by atoms with van der Waals surface area (Å²) in [6, 6.07) is 3.75. The van der Waals surface area contributed by atoms with Gasteiger partial charge < -0.3 is 4.74 Å². The minimum atomic E-state index is 0.323. The molecule has 94 valence electrons. The fraction of sp³-hybridized carbons (Fsp3) is 0.583. The molecule has 1 aliphatic heterocycles. The van der Waals surface area contributed by atoms with Crippen LogP contribution in [0.2, 0.25) is 5.02 Å². The second kappa shape index (κ2) is 6.41. The number of hydrogen-bond donors (Lipinski definition) is 0. The summed E-state index contributed by atoms with van der Waals surface area (Å²) in [7, 11) is 0. The SMILES string of the molecule is Clc1cccnc1SCC1(CBr)CCOCC1. The monoisotopic (exact) mass is 335 g/mol. The average Bonchev–Trinajstić information content (AvgIpc) is 2.39. The van der Waals surface area contributed by atoms with Crippen molar-refractivity contribution in [1.29, 1.82) is 0 Å². The molecule has 1 aliphatic rings. The predicted octanol–water partition coefficient (Wildman–Crippen LogP) is 4.02. The molecule has 0 N–H and O–H groups in total. The van der Waals surface area contributed by atoms with Crippen LogP contribution in [-0.4, -0.2) is 29.3 Å². The zero-order valence-electron chi connectivity index (χ0n) is 9.49. The Balaban J connectivity index is 1.98. The largest absolute Gasteiger partial charge is 0.381 e. The van der Waals surface area contributed by atoms with Crippen molar-refractivity contribution >= 4 is 39.3 Å². The standard InChI is InChI=1S/C12H15BrClNOS/c13-8-12(3-6-16-7-4-12)9-17-11-10(14)2-1-5-15-11/h1-2,5H,3-4,6-9H2. The van der Waals surface area contributed by atoms with Crippen LogP contribution < -0.4 is 0 Å². The van der Waals surface area contributed by atoms with Crippen LogP contribution in [0.4, 0.5) is 0 Å². The third kappa shape index (κ3) is 3.60. The molecule has 2 heterocycles. The number of rotatable bonds is 4. The molecule has 0 spiro atoms. The summed E-state index contributed by atoms with van der Waals surface area (Å²) >= 11 is 11.5. The van der Waals surface area contributed by atoms with Crippen molar-refractivity contribution in [1.82, 2.24) is 4.98 Å². The van der Waals surface area contributed by atoms with E-state index in [4.69, 9.17) is 16.3 Å². The minimum Gasteiger partial charge on any atom is -0.381 e. The van der Waals surface area contributed by atoms with Gasteiger partial charge in [-0.3, -0.25) is 0 Å². The van der Waals surface area contributed by atoms with Crippen LogP contribution >= 0.6 is 39.3 Å². The molecule has 0 aromatic carbocycles. The van der Waals surface area contributed by atoms with Gasteiger partial charge >= 0.3 is 0 Å². The van der Waals surface area contributed by atoms with E-state index < -0.39 is 0 Å². The fourth-order valence-electron chi connectivity index (χ4n) is 1.82. The highest BCUT2D eigenvalue weighted by molar-refractivity contribution is 9.09. The third-order valence-electron chi connectivity index (χ3n) is 3.08.